The molecule has 0 bridgehead atoms. The first kappa shape index (κ1) is 209. The van der Waals surface area contributed by atoms with Crippen LogP contribution in [0, 0.1) is 0 Å². The van der Waals surface area contributed by atoms with E-state index >= 15 is 0 Å². The van der Waals surface area contributed by atoms with Crippen molar-refractivity contribution in [1.82, 2.24) is 0 Å². The Morgan fingerprint density at radius 2 is 0.714 bits per heavy atom. The van der Waals surface area contributed by atoms with Crippen molar-refractivity contribution in [3.05, 3.63) is 0 Å². The molecule has 0 saturated carbocycles. The van der Waals surface area contributed by atoms with Crippen LogP contribution in [0.5, 0.6) is 0 Å². The van der Waals surface area contributed by atoms with Gasteiger partial charge in [0.05, 0.1) is 0 Å². The molecule has 6 heteroatoms. The van der Waals surface area contributed by atoms with Crippen LogP contribution in [0.2, 0.25) is 0 Å². The second kappa shape index (κ2) is 9070. The van der Waals surface area contributed by atoms with Gasteiger partial charge in [0.25, 0.3) is 0 Å². The van der Waals surface area contributed by atoms with Gasteiger partial charge < -0.3 is 21.9 Å². The maximum Gasteiger partial charge on any atom is 2.00 e. The third-order valence-electron chi connectivity index (χ3n) is 0. The van der Waals surface area contributed by atoms with E-state index in [4.69, 9.17) is 4.79 Å². The first-order valence-electron chi connectivity index (χ1n) is 0.204. The van der Waals surface area contributed by atoms with E-state index in [1.54, 1.807) is 0 Å². The molecule has 0 spiro atoms. The minimum atomic E-state index is 0. The Morgan fingerprint density at radius 3 is 0.714 bits per heavy atom. The van der Waals surface area contributed by atoms with Crippen LogP contribution < -0.4 is 0 Å². The minimum absolute atomic E-state index is 0. The molecule has 0 aliphatic heterocycles. The summed E-state index contributed by atoms with van der Waals surface area (Å²) in [6.07, 6.45) is 0. The van der Waals surface area contributed by atoms with Gasteiger partial charge in [0, 0.05) is 0 Å². The van der Waals surface area contributed by atoms with E-state index < -0.39 is 0 Å². The Morgan fingerprint density at radius 1 is 0.714 bits per heavy atom. The third-order valence-corrected chi connectivity index (χ3v) is 0. The molecule has 0 aromatic heterocycles. The van der Waals surface area contributed by atoms with E-state index in [1.807, 2.05) is 0 Å². The van der Waals surface area contributed by atoms with Crippen molar-refractivity contribution in [3.8, 4) is 0 Å². The first-order valence-corrected chi connectivity index (χ1v) is 0.204. The number of hydrogen-bond acceptors (Lipinski definition) is 5. The fraction of sp³-hybridized carbons (Fsp3) is 0. The molecule has 0 unspecified atom stereocenters. The van der Waals surface area contributed by atoms with Crippen LogP contribution in [0.4, 0.5) is 0 Å². The molecule has 0 heterocycles. The number of rotatable bonds is 0. The smallest absolute Gasteiger partial charge is 0.870 e. The van der Waals surface area contributed by atoms with Crippen molar-refractivity contribution >= 4 is 6.79 Å². The van der Waals surface area contributed by atoms with Gasteiger partial charge in [-0.05, 0) is 0 Å². The maximum absolute atomic E-state index is 7.50. The van der Waals surface area contributed by atoms with Gasteiger partial charge in [-0.25, -0.2) is 0 Å². The summed E-state index contributed by atoms with van der Waals surface area (Å²) in [4.78, 5) is 7.50. The molecular formula is CH4NiO5. The predicted octanol–water partition coefficient (Wildman–Crippen LogP) is -1.11. The van der Waals surface area contributed by atoms with Crippen LogP contribution in [-0.4, -0.2) is 28.7 Å². The van der Waals surface area contributed by atoms with Crippen molar-refractivity contribution in [1.29, 1.82) is 0 Å². The van der Waals surface area contributed by atoms with Crippen LogP contribution in [-0.2, 0) is 21.3 Å². The molecule has 7 heavy (non-hydrogen) atoms. The SMILES string of the molecule is [C+2]=O.[Ni+2].[OH-].[OH-].[OH-].[OH-]. The van der Waals surface area contributed by atoms with Crippen LogP contribution in [0.3, 0.4) is 0 Å². The first-order chi connectivity index (χ1) is 1.00. The Hall–Kier alpha value is 0.134. The van der Waals surface area contributed by atoms with Crippen LogP contribution in [0.1, 0.15) is 0 Å². The molecule has 0 rings (SSSR count). The van der Waals surface area contributed by atoms with E-state index in [-0.39, 0.29) is 38.4 Å². The molecule has 0 aromatic rings. The van der Waals surface area contributed by atoms with Gasteiger partial charge in [0.2, 0.25) is 0 Å². The second-order valence-corrected chi connectivity index (χ2v) is 0. The molecule has 0 fully saturated rings. The van der Waals surface area contributed by atoms with Gasteiger partial charge in [0.1, 0.15) is 0 Å². The third kappa shape index (κ3) is 5880. The zero-order valence-electron chi connectivity index (χ0n) is 3.01. The van der Waals surface area contributed by atoms with E-state index in [9.17, 15) is 0 Å². The van der Waals surface area contributed by atoms with Crippen molar-refractivity contribution in [2.75, 3.05) is 0 Å². The fourth-order valence-corrected chi connectivity index (χ4v) is 0. The Balaban J connectivity index is -0.000000000500. The van der Waals surface area contributed by atoms with Gasteiger partial charge in [-0.3, -0.25) is 0 Å². The summed E-state index contributed by atoms with van der Waals surface area (Å²) >= 11 is 0. The Labute approximate surface area is 50.9 Å². The standard InChI is InChI=1S/CO.Ni.4H2O/c1-2;;;;;/h;;4*1H2/q2*+2;;;;/p-4. The van der Waals surface area contributed by atoms with Crippen molar-refractivity contribution < 1.29 is 43.2 Å². The molecule has 48 valence electrons. The van der Waals surface area contributed by atoms with E-state index in [0.717, 1.165) is 0 Å². The molecule has 0 aromatic carbocycles. The molecule has 0 amide bonds. The monoisotopic (exact) mass is 154 g/mol. The second-order valence-electron chi connectivity index (χ2n) is 0. The van der Waals surface area contributed by atoms with Crippen LogP contribution in [0.25, 0.3) is 0 Å². The van der Waals surface area contributed by atoms with Gasteiger partial charge in [0.15, 0.2) is 0 Å². The molecule has 0 aliphatic carbocycles. The van der Waals surface area contributed by atoms with Crippen molar-refractivity contribution in [3.63, 3.8) is 0 Å². The minimum Gasteiger partial charge on any atom is -0.870 e. The molecular weight excluding hydrogens is 151 g/mol. The Kier molecular flexibility index (Phi) is 271000. The number of hydrogen-bond donors (Lipinski definition) is 0. The Bertz CT molecular complexity index is 8.04. The van der Waals surface area contributed by atoms with Gasteiger partial charge in [-0.2, -0.15) is 0 Å². The quantitative estimate of drug-likeness (QED) is 0.408. The van der Waals surface area contributed by atoms with E-state index in [0.29, 0.717) is 0 Å². The normalized spacial score (nSPS) is 0.857. The zero-order chi connectivity index (χ0) is 2.00. The average molecular weight is 155 g/mol. The van der Waals surface area contributed by atoms with Crippen LogP contribution >= 0.6 is 0 Å². The van der Waals surface area contributed by atoms with E-state index in [2.05, 4.69) is 6.79 Å². The summed E-state index contributed by atoms with van der Waals surface area (Å²) in [5, 5.41) is 0. The maximum atomic E-state index is 7.50. The van der Waals surface area contributed by atoms with Gasteiger partial charge in [-0.15, -0.1) is 0 Å². The predicted molar refractivity (Wildman–Crippen MR) is 13.4 cm³/mol. The van der Waals surface area contributed by atoms with Crippen molar-refractivity contribution in [2.24, 2.45) is 0 Å². The van der Waals surface area contributed by atoms with Crippen molar-refractivity contribution in [2.45, 2.75) is 0 Å². The molecule has 0 aliphatic rings. The van der Waals surface area contributed by atoms with Crippen LogP contribution in [0.15, 0.2) is 0 Å². The summed E-state index contributed by atoms with van der Waals surface area (Å²) in [6, 6.07) is 0. The summed E-state index contributed by atoms with van der Waals surface area (Å²) < 4.78 is 0. The molecule has 5 nitrogen and oxygen atoms in total. The molecule has 4 N–H and O–H groups in total. The largest absolute Gasteiger partial charge is 2.00 e. The van der Waals surface area contributed by atoms with E-state index in [1.165, 1.54) is 0 Å². The van der Waals surface area contributed by atoms with Gasteiger partial charge in [-0.1, -0.05) is 0 Å². The topological polar surface area (TPSA) is 137 Å². The summed E-state index contributed by atoms with van der Waals surface area (Å²) in [6.45, 7) is 4.50. The fourth-order valence-electron chi connectivity index (χ4n) is 0. The molecule has 0 atom stereocenters. The zero-order valence-corrected chi connectivity index (χ0v) is 4.00. The average Bonchev–Trinajstić information content (AvgIpc) is 1.00. The molecule has 0 saturated heterocycles. The summed E-state index contributed by atoms with van der Waals surface area (Å²) in [5.41, 5.74) is 0. The molecule has 0 radical (unpaired) electrons. The summed E-state index contributed by atoms with van der Waals surface area (Å²) in [5.74, 6) is 0. The van der Waals surface area contributed by atoms with Gasteiger partial charge >= 0.3 is 28.1 Å². The number of carbonyl (C=O) groups excluding carboxylic acids is 1. The summed E-state index contributed by atoms with van der Waals surface area (Å²) in [7, 11) is 0.